The van der Waals surface area contributed by atoms with Gasteiger partial charge in [-0.05, 0) is 42.0 Å². The van der Waals surface area contributed by atoms with Crippen molar-refractivity contribution < 1.29 is 18.7 Å². The number of methoxy groups -OCH3 is 1. The summed E-state index contributed by atoms with van der Waals surface area (Å²) in [7, 11) is 1.59. The van der Waals surface area contributed by atoms with Crippen LogP contribution in [0.25, 0.3) is 22.1 Å². The Balaban J connectivity index is 1.40. The first-order valence-electron chi connectivity index (χ1n) is 11.1. The van der Waals surface area contributed by atoms with E-state index < -0.39 is 5.63 Å². The molecule has 1 aromatic heterocycles. The molecule has 1 fully saturated rings. The van der Waals surface area contributed by atoms with Crippen molar-refractivity contribution in [3.63, 3.8) is 0 Å². The molecule has 3 aromatic carbocycles. The first kappa shape index (κ1) is 21.7. The average molecular weight is 456 g/mol. The second-order valence-electron chi connectivity index (χ2n) is 8.00. The van der Waals surface area contributed by atoms with E-state index >= 15 is 0 Å². The van der Waals surface area contributed by atoms with Crippen molar-refractivity contribution in [2.75, 3.05) is 43.6 Å². The predicted molar refractivity (Wildman–Crippen MR) is 132 cm³/mol. The lowest BCUT2D eigenvalue weighted by atomic mass is 10.0. The summed E-state index contributed by atoms with van der Waals surface area (Å²) in [5.41, 5.74) is 3.33. The van der Waals surface area contributed by atoms with Gasteiger partial charge in [0.05, 0.1) is 37.3 Å². The van der Waals surface area contributed by atoms with Gasteiger partial charge in [0, 0.05) is 30.1 Å². The quantitative estimate of drug-likeness (QED) is 0.444. The molecule has 0 saturated carbocycles. The van der Waals surface area contributed by atoms with Crippen molar-refractivity contribution in [3.8, 4) is 16.9 Å². The third-order valence-electron chi connectivity index (χ3n) is 5.90. The third kappa shape index (κ3) is 4.38. The van der Waals surface area contributed by atoms with Crippen molar-refractivity contribution in [1.82, 2.24) is 0 Å². The van der Waals surface area contributed by atoms with E-state index in [9.17, 15) is 9.59 Å². The van der Waals surface area contributed by atoms with Crippen LogP contribution < -0.4 is 20.6 Å². The number of amides is 1. The molecule has 34 heavy (non-hydrogen) atoms. The first-order valence-corrected chi connectivity index (χ1v) is 11.1. The van der Waals surface area contributed by atoms with Gasteiger partial charge in [-0.3, -0.25) is 4.79 Å². The van der Waals surface area contributed by atoms with Crippen molar-refractivity contribution in [2.45, 2.75) is 0 Å². The molecule has 2 heterocycles. The number of carbonyl (C=O) groups excluding carboxylic acids is 1. The zero-order valence-electron chi connectivity index (χ0n) is 18.7. The molecular weight excluding hydrogens is 432 g/mol. The summed E-state index contributed by atoms with van der Waals surface area (Å²) in [5, 5.41) is 3.85. The molecule has 0 unspecified atom stereocenters. The largest absolute Gasteiger partial charge is 0.497 e. The molecule has 1 aliphatic heterocycles. The molecule has 0 radical (unpaired) electrons. The first-order chi connectivity index (χ1) is 16.6. The molecule has 0 bridgehead atoms. The van der Waals surface area contributed by atoms with Crippen LogP contribution in [0.1, 0.15) is 10.4 Å². The molecular formula is C27H24N2O5. The van der Waals surface area contributed by atoms with Gasteiger partial charge in [-0.1, -0.05) is 30.3 Å². The highest BCUT2D eigenvalue weighted by Crippen LogP contribution is 2.31. The highest BCUT2D eigenvalue weighted by molar-refractivity contribution is 6.06. The Labute approximate surface area is 196 Å². The molecule has 1 amide bonds. The number of morpholine rings is 1. The molecule has 1 aliphatic rings. The monoisotopic (exact) mass is 456 g/mol. The third-order valence-corrected chi connectivity index (χ3v) is 5.90. The van der Waals surface area contributed by atoms with E-state index in [-0.39, 0.29) is 5.91 Å². The molecule has 172 valence electrons. The summed E-state index contributed by atoms with van der Waals surface area (Å²) in [6.07, 6.45) is 0. The Bertz CT molecular complexity index is 1390. The summed E-state index contributed by atoms with van der Waals surface area (Å²) in [6.45, 7) is 2.78. The Morgan fingerprint density at radius 1 is 0.971 bits per heavy atom. The zero-order valence-corrected chi connectivity index (χ0v) is 18.7. The lowest BCUT2D eigenvalue weighted by molar-refractivity contribution is 0.102. The van der Waals surface area contributed by atoms with Crippen LogP contribution in [-0.2, 0) is 4.74 Å². The van der Waals surface area contributed by atoms with E-state index in [1.54, 1.807) is 43.5 Å². The molecule has 0 spiro atoms. The number of nitrogens with zero attached hydrogens (tertiary/aromatic N) is 1. The Morgan fingerprint density at radius 3 is 2.50 bits per heavy atom. The number of nitrogens with one attached hydrogen (secondary N) is 1. The number of hydrogen-bond donors (Lipinski definition) is 1. The molecule has 5 rings (SSSR count). The summed E-state index contributed by atoms with van der Waals surface area (Å²) < 4.78 is 16.2. The van der Waals surface area contributed by atoms with Crippen LogP contribution in [0.5, 0.6) is 5.75 Å². The number of benzene rings is 3. The molecule has 1 N–H and O–H groups in total. The van der Waals surface area contributed by atoms with E-state index in [2.05, 4.69) is 10.2 Å². The fourth-order valence-electron chi connectivity index (χ4n) is 4.08. The lowest BCUT2D eigenvalue weighted by Gasteiger charge is -2.30. The molecule has 1 saturated heterocycles. The number of fused-ring (bicyclic) bond motifs is 1. The average Bonchev–Trinajstić information content (AvgIpc) is 2.89. The minimum absolute atomic E-state index is 0.250. The Kier molecular flexibility index (Phi) is 6.01. The second kappa shape index (κ2) is 9.41. The van der Waals surface area contributed by atoms with Gasteiger partial charge in [0.2, 0.25) is 0 Å². The predicted octanol–water partition coefficient (Wildman–Crippen LogP) is 4.56. The number of para-hydroxylation sites is 1. The lowest BCUT2D eigenvalue weighted by Crippen LogP contribution is -2.36. The number of ether oxygens (including phenoxy) is 2. The summed E-state index contributed by atoms with van der Waals surface area (Å²) in [6, 6.07) is 21.7. The molecule has 4 aromatic rings. The Hall–Kier alpha value is -4.10. The maximum atomic E-state index is 13.1. The Morgan fingerprint density at radius 2 is 1.74 bits per heavy atom. The number of anilines is 2. The van der Waals surface area contributed by atoms with Crippen molar-refractivity contribution >= 4 is 28.3 Å². The van der Waals surface area contributed by atoms with Crippen LogP contribution in [-0.4, -0.2) is 39.3 Å². The van der Waals surface area contributed by atoms with Crippen LogP contribution in [0.3, 0.4) is 0 Å². The zero-order chi connectivity index (χ0) is 23.5. The number of carbonyl (C=O) groups is 1. The van der Waals surface area contributed by atoms with Crippen LogP contribution in [0, 0.1) is 0 Å². The van der Waals surface area contributed by atoms with Gasteiger partial charge >= 0.3 is 5.63 Å². The van der Waals surface area contributed by atoms with Crippen molar-refractivity contribution in [3.05, 3.63) is 88.8 Å². The van der Waals surface area contributed by atoms with Crippen molar-refractivity contribution in [1.29, 1.82) is 0 Å². The van der Waals surface area contributed by atoms with Crippen LogP contribution >= 0.6 is 0 Å². The van der Waals surface area contributed by atoms with Gasteiger partial charge < -0.3 is 24.1 Å². The normalized spacial score (nSPS) is 13.6. The van der Waals surface area contributed by atoms with E-state index in [1.165, 1.54) is 0 Å². The standard InChI is InChI=1S/C27H24N2O5/c1-32-21-10-11-24(29-12-14-33-15-13-29)23(17-21)28-26(30)19-8-6-18(7-9-19)22-16-20-4-2-3-5-25(20)34-27(22)31/h2-11,16-17H,12-15H2,1H3,(H,28,30). The van der Waals surface area contributed by atoms with E-state index in [0.29, 0.717) is 46.9 Å². The molecule has 7 nitrogen and oxygen atoms in total. The van der Waals surface area contributed by atoms with Gasteiger partial charge in [0.15, 0.2) is 0 Å². The fourth-order valence-corrected chi connectivity index (χ4v) is 4.08. The van der Waals surface area contributed by atoms with Gasteiger partial charge in [-0.25, -0.2) is 4.79 Å². The van der Waals surface area contributed by atoms with Crippen LogP contribution in [0.15, 0.2) is 82.0 Å². The summed E-state index contributed by atoms with van der Waals surface area (Å²) in [5.74, 6) is 0.408. The number of hydrogen-bond acceptors (Lipinski definition) is 6. The number of rotatable bonds is 5. The highest BCUT2D eigenvalue weighted by atomic mass is 16.5. The van der Waals surface area contributed by atoms with E-state index in [4.69, 9.17) is 13.9 Å². The van der Waals surface area contributed by atoms with Gasteiger partial charge in [-0.15, -0.1) is 0 Å². The maximum absolute atomic E-state index is 13.1. The molecule has 7 heteroatoms. The SMILES string of the molecule is COc1ccc(N2CCOCC2)c(NC(=O)c2ccc(-c3cc4ccccc4oc3=O)cc2)c1. The topological polar surface area (TPSA) is 81.0 Å². The minimum atomic E-state index is -0.414. The summed E-state index contributed by atoms with van der Waals surface area (Å²) >= 11 is 0. The van der Waals surface area contributed by atoms with E-state index in [0.717, 1.165) is 24.2 Å². The van der Waals surface area contributed by atoms with Crippen molar-refractivity contribution in [2.24, 2.45) is 0 Å². The highest BCUT2D eigenvalue weighted by Gasteiger charge is 2.18. The van der Waals surface area contributed by atoms with Crippen LogP contribution in [0.2, 0.25) is 0 Å². The van der Waals surface area contributed by atoms with E-state index in [1.807, 2.05) is 36.4 Å². The maximum Gasteiger partial charge on any atom is 0.344 e. The van der Waals surface area contributed by atoms with Gasteiger partial charge in [0.25, 0.3) is 5.91 Å². The van der Waals surface area contributed by atoms with Crippen LogP contribution in [0.4, 0.5) is 11.4 Å². The smallest absolute Gasteiger partial charge is 0.344 e. The van der Waals surface area contributed by atoms with Gasteiger partial charge in [-0.2, -0.15) is 0 Å². The summed E-state index contributed by atoms with van der Waals surface area (Å²) in [4.78, 5) is 27.7. The minimum Gasteiger partial charge on any atom is -0.497 e. The fraction of sp³-hybridized carbons (Fsp3) is 0.185. The van der Waals surface area contributed by atoms with Gasteiger partial charge in [0.1, 0.15) is 11.3 Å². The second-order valence-corrected chi connectivity index (χ2v) is 8.00. The molecule has 0 atom stereocenters. The molecule has 0 aliphatic carbocycles.